The standard InChI is InChI=1S/6CH2O3.2K.2H/c6*2-1(3)4;;;;/h6*(H2,2,3,4);;;;/q;;;;;;2*+1;2*-1. The fourth-order valence-electron chi connectivity index (χ4n) is 0. The molecule has 0 bridgehead atoms. The minimum Gasteiger partial charge on any atom is -1.00 e. The van der Waals surface area contributed by atoms with Crippen LogP contribution >= 0.6 is 0 Å². The van der Waals surface area contributed by atoms with Crippen molar-refractivity contribution in [1.82, 2.24) is 0 Å². The van der Waals surface area contributed by atoms with E-state index in [9.17, 15) is 0 Å². The Morgan fingerprint density at radius 1 is 0.308 bits per heavy atom. The molecule has 0 radical (unpaired) electrons. The second-order valence-corrected chi connectivity index (χ2v) is 1.70. The average Bonchev–Trinajstić information content (AvgIpc) is 2.08. The molecule has 0 rings (SSSR count). The van der Waals surface area contributed by atoms with E-state index >= 15 is 0 Å². The molecule has 0 saturated carbocycles. The summed E-state index contributed by atoms with van der Waals surface area (Å²) in [6.07, 6.45) is -11.0. The Hall–Kier alpha value is -1.11. The Labute approximate surface area is 229 Å². The van der Waals surface area contributed by atoms with Gasteiger partial charge in [-0.15, -0.1) is 0 Å². The van der Waals surface area contributed by atoms with Gasteiger partial charge >= 0.3 is 140 Å². The van der Waals surface area contributed by atoms with Crippen molar-refractivity contribution in [2.24, 2.45) is 0 Å². The first-order chi connectivity index (χ1) is 10.4. The van der Waals surface area contributed by atoms with E-state index in [1.807, 2.05) is 0 Å². The topological polar surface area (TPSA) is 345 Å². The fourth-order valence-corrected chi connectivity index (χ4v) is 0. The molecule has 148 valence electrons. The maximum Gasteiger partial charge on any atom is 1.00 e. The molecule has 0 aliphatic heterocycles. The zero-order valence-corrected chi connectivity index (χ0v) is 19.1. The van der Waals surface area contributed by atoms with E-state index < -0.39 is 36.9 Å². The second-order valence-electron chi connectivity index (χ2n) is 1.70. The molecule has 0 heterocycles. The van der Waals surface area contributed by atoms with Gasteiger partial charge < -0.3 is 64.1 Å². The van der Waals surface area contributed by atoms with Crippen LogP contribution in [0.25, 0.3) is 0 Å². The smallest absolute Gasteiger partial charge is 1.00 e. The quantitative estimate of drug-likeness (QED) is 0.154. The van der Waals surface area contributed by atoms with E-state index in [1.165, 1.54) is 0 Å². The minimum atomic E-state index is -1.83. The maximum atomic E-state index is 8.56. The molecule has 0 aliphatic rings. The van der Waals surface area contributed by atoms with Crippen molar-refractivity contribution in [3.05, 3.63) is 0 Å². The van der Waals surface area contributed by atoms with Crippen LogP contribution in [0.2, 0.25) is 0 Å². The third kappa shape index (κ3) is 8950. The van der Waals surface area contributed by atoms with Crippen molar-refractivity contribution < 1.29 is 196 Å². The van der Waals surface area contributed by atoms with Gasteiger partial charge in [0.2, 0.25) is 0 Å². The number of hydrogen-bond acceptors (Lipinski definition) is 6. The van der Waals surface area contributed by atoms with E-state index in [1.54, 1.807) is 0 Å². The molecular weight excluding hydrogens is 438 g/mol. The van der Waals surface area contributed by atoms with Crippen LogP contribution in [0.15, 0.2) is 0 Å². The Morgan fingerprint density at radius 3 is 0.308 bits per heavy atom. The summed E-state index contributed by atoms with van der Waals surface area (Å²) in [5.74, 6) is 0. The van der Waals surface area contributed by atoms with E-state index in [-0.39, 0.29) is 106 Å². The van der Waals surface area contributed by atoms with Gasteiger partial charge in [-0.2, -0.15) is 0 Å². The molecule has 0 spiro atoms. The Balaban J connectivity index is -0.0000000169. The van der Waals surface area contributed by atoms with Gasteiger partial charge in [-0.1, -0.05) is 0 Å². The number of rotatable bonds is 0. The van der Waals surface area contributed by atoms with Gasteiger partial charge in [0.1, 0.15) is 0 Å². The normalized spacial score (nSPS) is 5.54. The largest absolute Gasteiger partial charge is 1.00 e. The van der Waals surface area contributed by atoms with Crippen molar-refractivity contribution in [3.63, 3.8) is 0 Å². The number of carboxylic acid groups (broad SMARTS) is 12. The number of hydrogen-bond donors (Lipinski definition) is 12. The van der Waals surface area contributed by atoms with E-state index in [0.717, 1.165) is 0 Å². The summed E-state index contributed by atoms with van der Waals surface area (Å²) in [4.78, 5) is 51.3. The molecule has 0 saturated heterocycles. The van der Waals surface area contributed by atoms with Crippen LogP contribution in [0.4, 0.5) is 28.8 Å². The molecule has 26 heavy (non-hydrogen) atoms. The van der Waals surface area contributed by atoms with E-state index in [4.69, 9.17) is 90.0 Å². The van der Waals surface area contributed by atoms with Crippen molar-refractivity contribution in [2.45, 2.75) is 0 Å². The van der Waals surface area contributed by atoms with Crippen LogP contribution < -0.4 is 103 Å². The molecule has 0 unspecified atom stereocenters. The van der Waals surface area contributed by atoms with Crippen molar-refractivity contribution in [1.29, 1.82) is 0 Å². The van der Waals surface area contributed by atoms with Crippen LogP contribution in [0.3, 0.4) is 0 Å². The zero-order valence-electron chi connectivity index (χ0n) is 14.8. The van der Waals surface area contributed by atoms with Gasteiger partial charge in [0.25, 0.3) is 0 Å². The number of carbonyl (C=O) groups is 6. The average molecular weight is 452 g/mol. The molecule has 0 amide bonds. The Bertz CT molecular complexity index is 271. The molecule has 0 aromatic heterocycles. The second kappa shape index (κ2) is 43.9. The molecule has 20 heteroatoms. The first-order valence-corrected chi connectivity index (χ1v) is 3.91. The van der Waals surface area contributed by atoms with Crippen LogP contribution in [-0.4, -0.2) is 98.2 Å². The van der Waals surface area contributed by atoms with Gasteiger partial charge in [0, 0.05) is 0 Å². The van der Waals surface area contributed by atoms with Crippen molar-refractivity contribution in [2.75, 3.05) is 0 Å². The summed E-state index contributed by atoms with van der Waals surface area (Å²) >= 11 is 0. The van der Waals surface area contributed by atoms with Crippen molar-refractivity contribution in [3.8, 4) is 0 Å². The predicted octanol–water partition coefficient (Wildman–Crippen LogP) is -4.43. The minimum absolute atomic E-state index is 0. The van der Waals surface area contributed by atoms with Gasteiger partial charge in [0.15, 0.2) is 0 Å². The third-order valence-electron chi connectivity index (χ3n) is 0. The van der Waals surface area contributed by atoms with Gasteiger partial charge in [-0.25, -0.2) is 28.8 Å². The molecule has 0 aromatic carbocycles. The summed E-state index contributed by atoms with van der Waals surface area (Å²) in [5, 5.41) is 83.7. The third-order valence-corrected chi connectivity index (χ3v) is 0. The van der Waals surface area contributed by atoms with Crippen LogP contribution in [0, 0.1) is 0 Å². The molecule has 0 atom stereocenters. The van der Waals surface area contributed by atoms with Crippen LogP contribution in [-0.2, 0) is 0 Å². The zero-order chi connectivity index (χ0) is 21.5. The molecule has 0 aromatic rings. The van der Waals surface area contributed by atoms with E-state index in [0.29, 0.717) is 0 Å². The summed E-state index contributed by atoms with van der Waals surface area (Å²) in [6.45, 7) is 0. The maximum absolute atomic E-state index is 8.56. The van der Waals surface area contributed by atoms with Crippen molar-refractivity contribution >= 4 is 36.9 Å². The van der Waals surface area contributed by atoms with E-state index in [2.05, 4.69) is 0 Å². The Kier molecular flexibility index (Phi) is 84.0. The molecule has 0 fully saturated rings. The first-order valence-electron chi connectivity index (χ1n) is 3.91. The van der Waals surface area contributed by atoms with Gasteiger partial charge in [-0.05, 0) is 0 Å². The molecule has 0 aliphatic carbocycles. The SMILES string of the molecule is O=C(O)O.O=C(O)O.O=C(O)O.O=C(O)O.O=C(O)O.O=C(O)O.[H-].[H-].[K+].[K+]. The molecule has 18 nitrogen and oxygen atoms in total. The monoisotopic (exact) mass is 452 g/mol. The Morgan fingerprint density at radius 2 is 0.308 bits per heavy atom. The summed E-state index contributed by atoms with van der Waals surface area (Å²) in [5.41, 5.74) is 0. The predicted molar refractivity (Wildman–Crippen MR) is 66.1 cm³/mol. The van der Waals surface area contributed by atoms with Gasteiger partial charge in [-0.3, -0.25) is 0 Å². The van der Waals surface area contributed by atoms with Gasteiger partial charge in [0.05, 0.1) is 0 Å². The first kappa shape index (κ1) is 49.8. The summed E-state index contributed by atoms with van der Waals surface area (Å²) in [6, 6.07) is 0. The summed E-state index contributed by atoms with van der Waals surface area (Å²) < 4.78 is 0. The summed E-state index contributed by atoms with van der Waals surface area (Å²) in [7, 11) is 0. The fraction of sp³-hybridized carbons (Fsp3) is 0. The molecule has 12 N–H and O–H groups in total. The molecular formula is C6H14K2O18. The van der Waals surface area contributed by atoms with Crippen LogP contribution in [0.5, 0.6) is 0 Å². The van der Waals surface area contributed by atoms with Crippen LogP contribution in [0.1, 0.15) is 2.85 Å².